The van der Waals surface area contributed by atoms with Gasteiger partial charge in [0.2, 0.25) is 0 Å². The molecule has 2 N–H and O–H groups in total. The van der Waals surface area contributed by atoms with Crippen molar-refractivity contribution in [2.24, 2.45) is 0 Å². The van der Waals surface area contributed by atoms with Gasteiger partial charge in [-0.3, -0.25) is 0 Å². The average Bonchev–Trinajstić information content (AvgIpc) is 2.91. The number of hydrogen-bond acceptors (Lipinski definition) is 2. The number of rotatable bonds is 5. The first-order valence-electron chi connectivity index (χ1n) is 6.00. The van der Waals surface area contributed by atoms with Crippen molar-refractivity contribution in [2.75, 3.05) is 11.9 Å². The molecule has 0 atom stereocenters. The molecule has 0 unspecified atom stereocenters. The Morgan fingerprint density at radius 1 is 1.32 bits per heavy atom. The number of hydrogen-bond donors (Lipinski definition) is 2. The Morgan fingerprint density at radius 3 is 2.79 bits per heavy atom. The van der Waals surface area contributed by atoms with E-state index in [1.54, 1.807) is 12.5 Å². The van der Waals surface area contributed by atoms with Gasteiger partial charge in [-0.1, -0.05) is 15.9 Å². The quantitative estimate of drug-likeness (QED) is 0.831. The smallest absolute Gasteiger partial charge is 0.319 e. The number of anilines is 1. The summed E-state index contributed by atoms with van der Waals surface area (Å²) in [6.45, 7) is 1.47. The molecule has 2 aromatic rings. The van der Waals surface area contributed by atoms with E-state index in [-0.39, 0.29) is 6.03 Å². The number of urea groups is 1. The summed E-state index contributed by atoms with van der Waals surface area (Å²) in [5, 5.41) is 5.59. The molecule has 0 bridgehead atoms. The van der Waals surface area contributed by atoms with Crippen LogP contribution in [0.1, 0.15) is 6.42 Å². The molecule has 6 heteroatoms. The van der Waals surface area contributed by atoms with Gasteiger partial charge in [-0.25, -0.2) is 9.78 Å². The van der Waals surface area contributed by atoms with Gasteiger partial charge in [0.25, 0.3) is 0 Å². The number of nitrogens with zero attached hydrogens (tertiary/aromatic N) is 2. The van der Waals surface area contributed by atoms with Crippen LogP contribution in [0.2, 0.25) is 0 Å². The molecule has 0 radical (unpaired) electrons. The maximum Gasteiger partial charge on any atom is 0.319 e. The lowest BCUT2D eigenvalue weighted by Gasteiger charge is -2.08. The summed E-state index contributed by atoms with van der Waals surface area (Å²) in [6.07, 6.45) is 6.28. The average molecular weight is 323 g/mol. The molecule has 2 rings (SSSR count). The lowest BCUT2D eigenvalue weighted by Crippen LogP contribution is -2.29. The largest absolute Gasteiger partial charge is 0.338 e. The number of aryl methyl sites for hydroxylation is 1. The first kappa shape index (κ1) is 13.6. The van der Waals surface area contributed by atoms with Gasteiger partial charge in [-0.05, 0) is 30.7 Å². The molecule has 100 valence electrons. The Morgan fingerprint density at radius 2 is 2.11 bits per heavy atom. The standard InChI is InChI=1S/C13H15BrN4O/c14-11-2-4-12(5-3-11)17-13(19)16-6-1-8-18-9-7-15-10-18/h2-5,7,9-10H,1,6,8H2,(H2,16,17,19). The minimum atomic E-state index is -0.187. The second kappa shape index (κ2) is 6.94. The SMILES string of the molecule is O=C(NCCCn1ccnc1)Nc1ccc(Br)cc1. The zero-order valence-corrected chi connectivity index (χ0v) is 11.9. The van der Waals surface area contributed by atoms with Crippen LogP contribution in [-0.2, 0) is 6.54 Å². The first-order chi connectivity index (χ1) is 9.24. The van der Waals surface area contributed by atoms with E-state index in [0.29, 0.717) is 6.54 Å². The highest BCUT2D eigenvalue weighted by Gasteiger charge is 2.00. The predicted octanol–water partition coefficient (Wildman–Crippen LogP) is 2.86. The molecule has 5 nitrogen and oxygen atoms in total. The Balaban J connectivity index is 1.65. The third-order valence-corrected chi connectivity index (χ3v) is 3.07. The normalized spacial score (nSPS) is 10.2. The number of nitrogens with one attached hydrogen (secondary N) is 2. The fourth-order valence-electron chi connectivity index (χ4n) is 1.59. The molecule has 0 saturated carbocycles. The number of benzene rings is 1. The number of aromatic nitrogens is 2. The van der Waals surface area contributed by atoms with Gasteiger partial charge >= 0.3 is 6.03 Å². The molecule has 0 fully saturated rings. The summed E-state index contributed by atoms with van der Waals surface area (Å²) in [5.74, 6) is 0. The molecule has 2 amide bonds. The molecule has 1 aromatic heterocycles. The summed E-state index contributed by atoms with van der Waals surface area (Å²) < 4.78 is 2.97. The second-order valence-corrected chi connectivity index (χ2v) is 4.96. The fourth-order valence-corrected chi connectivity index (χ4v) is 1.86. The van der Waals surface area contributed by atoms with Crippen molar-refractivity contribution in [3.05, 3.63) is 47.5 Å². The van der Waals surface area contributed by atoms with Gasteiger partial charge in [0, 0.05) is 35.6 Å². The monoisotopic (exact) mass is 322 g/mol. The van der Waals surface area contributed by atoms with E-state index < -0.39 is 0 Å². The maximum absolute atomic E-state index is 11.6. The van der Waals surface area contributed by atoms with Crippen molar-refractivity contribution in [2.45, 2.75) is 13.0 Å². The highest BCUT2D eigenvalue weighted by atomic mass is 79.9. The molecule has 19 heavy (non-hydrogen) atoms. The zero-order chi connectivity index (χ0) is 13.5. The molecular weight excluding hydrogens is 308 g/mol. The van der Waals surface area contributed by atoms with Crippen LogP contribution in [0.5, 0.6) is 0 Å². The van der Waals surface area contributed by atoms with Crippen molar-refractivity contribution in [1.29, 1.82) is 0 Å². The molecule has 0 aliphatic heterocycles. The van der Waals surface area contributed by atoms with E-state index >= 15 is 0 Å². The number of halogens is 1. The number of amides is 2. The summed E-state index contributed by atoms with van der Waals surface area (Å²) in [7, 11) is 0. The van der Waals surface area contributed by atoms with Crippen molar-refractivity contribution < 1.29 is 4.79 Å². The van der Waals surface area contributed by atoms with Crippen LogP contribution in [-0.4, -0.2) is 22.1 Å². The Hall–Kier alpha value is -1.82. The van der Waals surface area contributed by atoms with E-state index in [2.05, 4.69) is 31.5 Å². The molecule has 1 aromatic carbocycles. The Bertz CT molecular complexity index is 510. The van der Waals surface area contributed by atoms with Crippen LogP contribution < -0.4 is 10.6 Å². The summed E-state index contributed by atoms with van der Waals surface area (Å²) in [4.78, 5) is 15.6. The van der Waals surface area contributed by atoms with Crippen LogP contribution in [0.15, 0.2) is 47.5 Å². The van der Waals surface area contributed by atoms with E-state index in [0.717, 1.165) is 23.1 Å². The second-order valence-electron chi connectivity index (χ2n) is 4.04. The van der Waals surface area contributed by atoms with E-state index in [4.69, 9.17) is 0 Å². The maximum atomic E-state index is 11.6. The molecule has 0 spiro atoms. The van der Waals surface area contributed by atoms with Gasteiger partial charge in [-0.15, -0.1) is 0 Å². The predicted molar refractivity (Wildman–Crippen MR) is 78.0 cm³/mol. The lowest BCUT2D eigenvalue weighted by atomic mass is 10.3. The first-order valence-corrected chi connectivity index (χ1v) is 6.79. The summed E-state index contributed by atoms with van der Waals surface area (Å²) >= 11 is 3.35. The van der Waals surface area contributed by atoms with Crippen LogP contribution in [0.25, 0.3) is 0 Å². The zero-order valence-electron chi connectivity index (χ0n) is 10.3. The van der Waals surface area contributed by atoms with E-state index in [1.807, 2.05) is 35.0 Å². The number of imidazole rings is 1. The van der Waals surface area contributed by atoms with Gasteiger partial charge in [0.05, 0.1) is 6.33 Å². The van der Waals surface area contributed by atoms with Crippen LogP contribution in [0, 0.1) is 0 Å². The van der Waals surface area contributed by atoms with Crippen LogP contribution >= 0.6 is 15.9 Å². The van der Waals surface area contributed by atoms with Crippen LogP contribution in [0.4, 0.5) is 10.5 Å². The highest BCUT2D eigenvalue weighted by molar-refractivity contribution is 9.10. The minimum Gasteiger partial charge on any atom is -0.338 e. The van der Waals surface area contributed by atoms with Gasteiger partial charge < -0.3 is 15.2 Å². The Kier molecular flexibility index (Phi) is 4.97. The van der Waals surface area contributed by atoms with Gasteiger partial charge in [-0.2, -0.15) is 0 Å². The van der Waals surface area contributed by atoms with Crippen molar-refractivity contribution >= 4 is 27.6 Å². The van der Waals surface area contributed by atoms with Gasteiger partial charge in [0.15, 0.2) is 0 Å². The highest BCUT2D eigenvalue weighted by Crippen LogP contribution is 2.13. The summed E-state index contributed by atoms with van der Waals surface area (Å²) in [6, 6.07) is 7.26. The number of carbonyl (C=O) groups excluding carboxylic acids is 1. The Labute approximate surface area is 120 Å². The topological polar surface area (TPSA) is 59.0 Å². The fraction of sp³-hybridized carbons (Fsp3) is 0.231. The van der Waals surface area contributed by atoms with Crippen molar-refractivity contribution in [1.82, 2.24) is 14.9 Å². The molecule has 0 aliphatic rings. The van der Waals surface area contributed by atoms with Crippen molar-refractivity contribution in [3.8, 4) is 0 Å². The molecule has 0 saturated heterocycles. The molecular formula is C13H15BrN4O. The van der Waals surface area contributed by atoms with Crippen LogP contribution in [0.3, 0.4) is 0 Å². The summed E-state index contributed by atoms with van der Waals surface area (Å²) in [5.41, 5.74) is 0.773. The van der Waals surface area contributed by atoms with E-state index in [9.17, 15) is 4.79 Å². The third kappa shape index (κ3) is 4.75. The minimum absolute atomic E-state index is 0.187. The lowest BCUT2D eigenvalue weighted by molar-refractivity contribution is 0.252. The molecule has 0 aliphatic carbocycles. The van der Waals surface area contributed by atoms with E-state index in [1.165, 1.54) is 0 Å². The van der Waals surface area contributed by atoms with Crippen molar-refractivity contribution in [3.63, 3.8) is 0 Å². The van der Waals surface area contributed by atoms with Gasteiger partial charge in [0.1, 0.15) is 0 Å². The number of carbonyl (C=O) groups is 1. The third-order valence-electron chi connectivity index (χ3n) is 2.54. The molecule has 1 heterocycles.